The summed E-state index contributed by atoms with van der Waals surface area (Å²) in [6, 6.07) is 11.3. The number of amides is 1. The van der Waals surface area contributed by atoms with Crippen molar-refractivity contribution in [2.24, 2.45) is 23.2 Å². The molecule has 4 bridgehead atoms. The van der Waals surface area contributed by atoms with Gasteiger partial charge in [-0.05, 0) is 99.3 Å². The molecule has 1 aliphatic heterocycles. The van der Waals surface area contributed by atoms with Gasteiger partial charge in [0.2, 0.25) is 0 Å². The predicted molar refractivity (Wildman–Crippen MR) is 153 cm³/mol. The molecular formula is C31H40N4O4. The number of hydrogen-bond acceptors (Lipinski definition) is 6. The van der Waals surface area contributed by atoms with Gasteiger partial charge in [0.25, 0.3) is 11.6 Å². The lowest BCUT2D eigenvalue weighted by atomic mass is 9.48. The van der Waals surface area contributed by atoms with E-state index in [0.29, 0.717) is 43.2 Å². The number of benzene rings is 2. The van der Waals surface area contributed by atoms with Crippen molar-refractivity contribution in [1.29, 1.82) is 0 Å². The van der Waals surface area contributed by atoms with Gasteiger partial charge in [-0.1, -0.05) is 12.1 Å². The monoisotopic (exact) mass is 532 g/mol. The average Bonchev–Trinajstić information content (AvgIpc) is 2.91. The van der Waals surface area contributed by atoms with Crippen LogP contribution in [0, 0.1) is 40.2 Å². The molecule has 0 spiro atoms. The molecule has 5 aliphatic rings. The van der Waals surface area contributed by atoms with Crippen molar-refractivity contribution < 1.29 is 14.5 Å². The van der Waals surface area contributed by atoms with E-state index in [9.17, 15) is 14.9 Å². The molecule has 1 amide bonds. The first-order valence-corrected chi connectivity index (χ1v) is 14.5. The zero-order chi connectivity index (χ0) is 27.3. The minimum absolute atomic E-state index is 0.0225. The number of piperazine rings is 1. The maximum atomic E-state index is 13.3. The van der Waals surface area contributed by atoms with Crippen LogP contribution in [-0.4, -0.2) is 55.1 Å². The fourth-order valence-corrected chi connectivity index (χ4v) is 8.52. The number of aryl methyl sites for hydroxylation is 1. The molecule has 1 saturated heterocycles. The van der Waals surface area contributed by atoms with Crippen LogP contribution >= 0.6 is 0 Å². The lowest BCUT2D eigenvalue weighted by Gasteiger charge is -2.59. The number of nitrogens with zero attached hydrogens (tertiary/aromatic N) is 3. The first-order chi connectivity index (χ1) is 18.8. The molecule has 0 aromatic heterocycles. The van der Waals surface area contributed by atoms with Crippen molar-refractivity contribution >= 4 is 23.0 Å². The predicted octanol–water partition coefficient (Wildman–Crippen LogP) is 5.89. The SMILES string of the molecule is COc1c(C)cccc1C(=O)N1CCN(c2ccc([N+](=O)[O-])c(N[C@H](C)C34CC5CC(CC(C5)C3)C4)c2)CC1. The number of hydrogen-bond donors (Lipinski definition) is 1. The quantitative estimate of drug-likeness (QED) is 0.353. The number of carbonyl (C=O) groups is 1. The second-order valence-corrected chi connectivity index (χ2v) is 12.5. The summed E-state index contributed by atoms with van der Waals surface area (Å²) < 4.78 is 5.51. The first-order valence-electron chi connectivity index (χ1n) is 14.5. The van der Waals surface area contributed by atoms with E-state index in [2.05, 4.69) is 17.1 Å². The van der Waals surface area contributed by atoms with Crippen molar-refractivity contribution in [3.05, 3.63) is 57.6 Å². The minimum atomic E-state index is -0.273. The van der Waals surface area contributed by atoms with Crippen molar-refractivity contribution in [1.82, 2.24) is 4.90 Å². The molecule has 0 unspecified atom stereocenters. The maximum Gasteiger partial charge on any atom is 0.292 e. The van der Waals surface area contributed by atoms with E-state index in [-0.39, 0.29) is 28.0 Å². The number of carbonyl (C=O) groups excluding carboxylic acids is 1. The van der Waals surface area contributed by atoms with E-state index < -0.39 is 0 Å². The van der Waals surface area contributed by atoms with Crippen LogP contribution in [0.3, 0.4) is 0 Å². The van der Waals surface area contributed by atoms with Gasteiger partial charge in [0.05, 0.1) is 17.6 Å². The molecule has 8 heteroatoms. The van der Waals surface area contributed by atoms with E-state index in [1.165, 1.54) is 38.5 Å². The van der Waals surface area contributed by atoms with Crippen LogP contribution in [0.4, 0.5) is 17.1 Å². The van der Waals surface area contributed by atoms with Crippen LogP contribution in [0.1, 0.15) is 61.4 Å². The van der Waals surface area contributed by atoms with Crippen molar-refractivity contribution in [2.75, 3.05) is 43.5 Å². The van der Waals surface area contributed by atoms with E-state index in [1.807, 2.05) is 42.2 Å². The first kappa shape index (κ1) is 26.0. The highest BCUT2D eigenvalue weighted by Crippen LogP contribution is 2.61. The molecule has 4 saturated carbocycles. The summed E-state index contributed by atoms with van der Waals surface area (Å²) in [5.41, 5.74) is 3.49. The molecule has 4 aliphatic carbocycles. The zero-order valence-corrected chi connectivity index (χ0v) is 23.3. The Morgan fingerprint density at radius 2 is 1.69 bits per heavy atom. The Bertz CT molecular complexity index is 1230. The van der Waals surface area contributed by atoms with Crippen LogP contribution in [-0.2, 0) is 0 Å². The van der Waals surface area contributed by atoms with E-state index in [0.717, 1.165) is 29.0 Å². The fourth-order valence-electron chi connectivity index (χ4n) is 8.52. The van der Waals surface area contributed by atoms with Gasteiger partial charge < -0.3 is 19.9 Å². The summed E-state index contributed by atoms with van der Waals surface area (Å²) >= 11 is 0. The van der Waals surface area contributed by atoms with Crippen molar-refractivity contribution in [2.45, 2.75) is 58.4 Å². The highest BCUT2D eigenvalue weighted by Gasteiger charge is 2.53. The lowest BCUT2D eigenvalue weighted by Crippen LogP contribution is -2.53. The van der Waals surface area contributed by atoms with Crippen molar-refractivity contribution in [3.63, 3.8) is 0 Å². The molecule has 0 radical (unpaired) electrons. The third-order valence-corrected chi connectivity index (χ3v) is 10.1. The van der Waals surface area contributed by atoms with Crippen LogP contribution < -0.4 is 15.0 Å². The zero-order valence-electron chi connectivity index (χ0n) is 23.3. The summed E-state index contributed by atoms with van der Waals surface area (Å²) in [6.45, 7) is 6.69. The standard InChI is InChI=1S/C31H40N4O4/c1-20-5-4-6-26(29(20)39-3)30(36)34-11-9-33(10-12-34)25-7-8-28(35(37)38)27(16-25)32-21(2)31-17-22-13-23(18-31)15-24(14-22)19-31/h4-8,16,21-24,32H,9-15,17-19H2,1-3H3/t21-,22?,23?,24?,31?/m1/s1. The third-order valence-electron chi connectivity index (χ3n) is 10.1. The third kappa shape index (κ3) is 4.72. The second-order valence-electron chi connectivity index (χ2n) is 12.5. The number of rotatable bonds is 7. The van der Waals surface area contributed by atoms with Crippen LogP contribution in [0.25, 0.3) is 0 Å². The summed E-state index contributed by atoms with van der Waals surface area (Å²) in [5, 5.41) is 15.6. The Morgan fingerprint density at radius 1 is 1.05 bits per heavy atom. The number of nitro benzene ring substituents is 1. The molecule has 8 nitrogen and oxygen atoms in total. The smallest absolute Gasteiger partial charge is 0.292 e. The number of ether oxygens (including phenoxy) is 1. The van der Waals surface area contributed by atoms with Gasteiger partial charge in [0, 0.05) is 44.0 Å². The van der Waals surface area contributed by atoms with E-state index in [4.69, 9.17) is 4.74 Å². The maximum absolute atomic E-state index is 13.3. The Labute approximate surface area is 230 Å². The molecule has 208 valence electrons. The van der Waals surface area contributed by atoms with E-state index >= 15 is 0 Å². The number of nitro groups is 1. The molecule has 1 atom stereocenters. The summed E-state index contributed by atoms with van der Waals surface area (Å²) in [5.74, 6) is 3.11. The molecular weight excluding hydrogens is 492 g/mol. The van der Waals surface area contributed by atoms with Crippen LogP contribution in [0.15, 0.2) is 36.4 Å². The number of anilines is 2. The summed E-state index contributed by atoms with van der Waals surface area (Å²) in [7, 11) is 1.60. The Balaban J connectivity index is 1.17. The molecule has 1 heterocycles. The summed E-state index contributed by atoms with van der Waals surface area (Å²) in [4.78, 5) is 29.1. The Kier molecular flexibility index (Phi) is 6.68. The highest BCUT2D eigenvalue weighted by atomic mass is 16.6. The van der Waals surface area contributed by atoms with Gasteiger partial charge in [0.1, 0.15) is 11.4 Å². The van der Waals surface area contributed by atoms with Gasteiger partial charge in [-0.2, -0.15) is 0 Å². The largest absolute Gasteiger partial charge is 0.496 e. The normalized spacial score (nSPS) is 28.3. The highest BCUT2D eigenvalue weighted by molar-refractivity contribution is 5.97. The minimum Gasteiger partial charge on any atom is -0.496 e. The van der Waals surface area contributed by atoms with E-state index in [1.54, 1.807) is 13.2 Å². The van der Waals surface area contributed by atoms with Gasteiger partial charge in [-0.15, -0.1) is 0 Å². The second kappa shape index (κ2) is 10.0. The van der Waals surface area contributed by atoms with Gasteiger partial charge in [0.15, 0.2) is 0 Å². The van der Waals surface area contributed by atoms with Gasteiger partial charge in [-0.3, -0.25) is 14.9 Å². The Hall–Kier alpha value is -3.29. The molecule has 2 aromatic rings. The van der Waals surface area contributed by atoms with Crippen LogP contribution in [0.5, 0.6) is 5.75 Å². The number of nitrogens with one attached hydrogen (secondary N) is 1. The number of methoxy groups -OCH3 is 1. The van der Waals surface area contributed by atoms with Gasteiger partial charge in [-0.25, -0.2) is 0 Å². The van der Waals surface area contributed by atoms with Crippen molar-refractivity contribution in [3.8, 4) is 5.75 Å². The molecule has 7 rings (SSSR count). The Morgan fingerprint density at radius 3 is 2.28 bits per heavy atom. The number of para-hydroxylation sites is 1. The fraction of sp³-hybridized carbons (Fsp3) is 0.581. The molecule has 5 fully saturated rings. The van der Waals surface area contributed by atoms with Gasteiger partial charge >= 0.3 is 0 Å². The molecule has 39 heavy (non-hydrogen) atoms. The topological polar surface area (TPSA) is 88.0 Å². The lowest BCUT2D eigenvalue weighted by molar-refractivity contribution is -0.384. The molecule has 2 aromatic carbocycles. The molecule has 1 N–H and O–H groups in total. The summed E-state index contributed by atoms with van der Waals surface area (Å²) in [6.07, 6.45) is 7.90. The van der Waals surface area contributed by atoms with Crippen LogP contribution in [0.2, 0.25) is 0 Å². The average molecular weight is 533 g/mol.